The number of hydrogen-bond acceptors (Lipinski definition) is 4. The normalized spacial score (nSPS) is 10.6. The molecule has 0 fully saturated rings. The van der Waals surface area contributed by atoms with Crippen molar-refractivity contribution < 1.29 is 14.3 Å². The maximum absolute atomic E-state index is 12.2. The number of halogens is 1. The van der Waals surface area contributed by atoms with Crippen molar-refractivity contribution in [3.63, 3.8) is 0 Å². The van der Waals surface area contributed by atoms with Crippen molar-refractivity contribution >= 4 is 28.5 Å². The topological polar surface area (TPSA) is 68.4 Å². The Bertz CT molecular complexity index is 736. The molecular weight excluding hydrogens is 282 g/mol. The lowest BCUT2D eigenvalue weighted by Gasteiger charge is -2.11. The molecule has 0 bridgehead atoms. The highest BCUT2D eigenvalue weighted by Crippen LogP contribution is 2.30. The number of rotatable bonds is 3. The van der Waals surface area contributed by atoms with E-state index in [-0.39, 0.29) is 11.8 Å². The van der Waals surface area contributed by atoms with Crippen LogP contribution >= 0.6 is 11.6 Å². The summed E-state index contributed by atoms with van der Waals surface area (Å²) in [6, 6.07) is 3.01. The summed E-state index contributed by atoms with van der Waals surface area (Å²) >= 11 is 6.08. The van der Waals surface area contributed by atoms with Gasteiger partial charge >= 0.3 is 5.97 Å². The number of pyridine rings is 1. The van der Waals surface area contributed by atoms with Crippen LogP contribution in [0, 0.1) is 6.92 Å². The van der Waals surface area contributed by atoms with Crippen LogP contribution in [-0.2, 0) is 16.0 Å². The molecule has 20 heavy (non-hydrogen) atoms. The van der Waals surface area contributed by atoms with Crippen LogP contribution in [0.2, 0.25) is 5.02 Å². The molecule has 1 N–H and O–H groups in total. The van der Waals surface area contributed by atoms with Crippen LogP contribution in [0.15, 0.2) is 16.9 Å². The fraction of sp³-hybridized carbons (Fsp3) is 0.286. The minimum atomic E-state index is -0.426. The lowest BCUT2D eigenvalue weighted by molar-refractivity contribution is -0.139. The molecule has 2 aromatic rings. The van der Waals surface area contributed by atoms with E-state index in [1.54, 1.807) is 13.0 Å². The number of carbonyl (C=O) groups excluding carboxylic acids is 1. The minimum absolute atomic E-state index is 0.00743. The van der Waals surface area contributed by atoms with Crippen LogP contribution in [0.1, 0.15) is 11.3 Å². The van der Waals surface area contributed by atoms with Gasteiger partial charge in [0.1, 0.15) is 5.75 Å². The predicted molar refractivity (Wildman–Crippen MR) is 76.6 cm³/mol. The number of ether oxygens (including phenoxy) is 2. The Labute approximate surface area is 120 Å². The van der Waals surface area contributed by atoms with Gasteiger partial charge in [-0.25, -0.2) is 0 Å². The summed E-state index contributed by atoms with van der Waals surface area (Å²) in [6.45, 7) is 1.76. The van der Waals surface area contributed by atoms with Crippen LogP contribution in [0.5, 0.6) is 5.75 Å². The molecule has 0 aliphatic carbocycles. The van der Waals surface area contributed by atoms with Gasteiger partial charge in [0, 0.05) is 22.8 Å². The zero-order valence-corrected chi connectivity index (χ0v) is 12.1. The Balaban J connectivity index is 2.73. The minimum Gasteiger partial charge on any atom is -0.494 e. The monoisotopic (exact) mass is 295 g/mol. The summed E-state index contributed by atoms with van der Waals surface area (Å²) < 4.78 is 9.83. The summed E-state index contributed by atoms with van der Waals surface area (Å²) in [5.74, 6) is 0.0315. The number of hydrogen-bond donors (Lipinski definition) is 1. The van der Waals surface area contributed by atoms with Gasteiger partial charge in [-0.1, -0.05) is 11.6 Å². The number of aromatic amines is 1. The van der Waals surface area contributed by atoms with Crippen LogP contribution in [0.25, 0.3) is 10.9 Å². The van der Waals surface area contributed by atoms with E-state index in [2.05, 4.69) is 9.72 Å². The van der Waals surface area contributed by atoms with E-state index in [0.717, 1.165) is 0 Å². The standard InChI is InChI=1S/C14H14ClNO4/c1-7-9(15)6-11(19-2)14-13(7)10(17)4-8(16-14)5-12(18)20-3/h4,6H,5H2,1-3H3,(H,16,17). The second-order valence-corrected chi connectivity index (χ2v) is 4.75. The number of nitrogens with one attached hydrogen (secondary N) is 1. The highest BCUT2D eigenvalue weighted by Gasteiger charge is 2.14. The molecule has 0 saturated carbocycles. The first-order valence-electron chi connectivity index (χ1n) is 5.93. The van der Waals surface area contributed by atoms with Crippen molar-refractivity contribution in [3.8, 4) is 5.75 Å². The quantitative estimate of drug-likeness (QED) is 0.882. The van der Waals surface area contributed by atoms with Gasteiger partial charge in [0.25, 0.3) is 0 Å². The molecule has 0 aliphatic rings. The first kappa shape index (κ1) is 14.4. The van der Waals surface area contributed by atoms with Crippen molar-refractivity contribution in [1.29, 1.82) is 0 Å². The average molecular weight is 296 g/mol. The molecule has 5 nitrogen and oxygen atoms in total. The lowest BCUT2D eigenvalue weighted by atomic mass is 10.1. The molecule has 6 heteroatoms. The number of aromatic nitrogens is 1. The molecule has 0 spiro atoms. The van der Waals surface area contributed by atoms with Crippen molar-refractivity contribution in [3.05, 3.63) is 38.6 Å². The van der Waals surface area contributed by atoms with E-state index in [1.807, 2.05) is 0 Å². The highest BCUT2D eigenvalue weighted by molar-refractivity contribution is 6.32. The van der Waals surface area contributed by atoms with Crippen molar-refractivity contribution in [2.45, 2.75) is 13.3 Å². The lowest BCUT2D eigenvalue weighted by Crippen LogP contribution is -2.12. The summed E-state index contributed by atoms with van der Waals surface area (Å²) in [7, 11) is 2.79. The van der Waals surface area contributed by atoms with Crippen LogP contribution < -0.4 is 10.2 Å². The Morgan fingerprint density at radius 2 is 2.05 bits per heavy atom. The molecule has 1 aromatic carbocycles. The number of carbonyl (C=O) groups is 1. The fourth-order valence-electron chi connectivity index (χ4n) is 2.07. The van der Waals surface area contributed by atoms with Crippen molar-refractivity contribution in [1.82, 2.24) is 4.98 Å². The zero-order valence-electron chi connectivity index (χ0n) is 11.4. The number of benzene rings is 1. The number of aryl methyl sites for hydroxylation is 1. The van der Waals surface area contributed by atoms with Gasteiger partial charge in [-0.3, -0.25) is 9.59 Å². The van der Waals surface area contributed by atoms with E-state index < -0.39 is 5.97 Å². The van der Waals surface area contributed by atoms with E-state index in [4.69, 9.17) is 16.3 Å². The van der Waals surface area contributed by atoms with Gasteiger partial charge in [0.05, 0.1) is 31.5 Å². The molecule has 2 rings (SSSR count). The summed E-state index contributed by atoms with van der Waals surface area (Å²) in [4.78, 5) is 26.6. The summed E-state index contributed by atoms with van der Waals surface area (Å²) in [5.41, 5.74) is 1.46. The molecule has 1 aromatic heterocycles. The van der Waals surface area contributed by atoms with Gasteiger partial charge in [0.15, 0.2) is 5.43 Å². The Morgan fingerprint density at radius 1 is 1.35 bits per heavy atom. The molecule has 0 saturated heterocycles. The van der Waals surface area contributed by atoms with Crippen molar-refractivity contribution in [2.75, 3.05) is 14.2 Å². The van der Waals surface area contributed by atoms with Gasteiger partial charge in [-0.2, -0.15) is 0 Å². The van der Waals surface area contributed by atoms with Crippen LogP contribution in [-0.4, -0.2) is 25.2 Å². The van der Waals surface area contributed by atoms with E-state index >= 15 is 0 Å². The number of fused-ring (bicyclic) bond motifs is 1. The third-order valence-corrected chi connectivity index (χ3v) is 3.50. The number of H-pyrrole nitrogens is 1. The largest absolute Gasteiger partial charge is 0.494 e. The second kappa shape index (κ2) is 5.54. The fourth-order valence-corrected chi connectivity index (χ4v) is 2.26. The number of esters is 1. The van der Waals surface area contributed by atoms with Gasteiger partial charge < -0.3 is 14.5 Å². The van der Waals surface area contributed by atoms with Crippen molar-refractivity contribution in [2.24, 2.45) is 0 Å². The predicted octanol–water partition coefficient (Wildman–Crippen LogP) is 2.21. The average Bonchev–Trinajstić information content (AvgIpc) is 2.42. The molecular formula is C14H14ClNO4. The molecule has 0 atom stereocenters. The van der Waals surface area contributed by atoms with Gasteiger partial charge in [0.2, 0.25) is 0 Å². The Hall–Kier alpha value is -2.01. The molecule has 1 heterocycles. The van der Waals surface area contributed by atoms with Crippen LogP contribution in [0.3, 0.4) is 0 Å². The van der Waals surface area contributed by atoms with E-state index in [1.165, 1.54) is 20.3 Å². The summed E-state index contributed by atoms with van der Waals surface area (Å²) in [5, 5.41) is 0.920. The molecule has 0 radical (unpaired) electrons. The zero-order chi connectivity index (χ0) is 14.9. The third kappa shape index (κ3) is 2.49. The van der Waals surface area contributed by atoms with E-state index in [0.29, 0.717) is 32.9 Å². The Kier molecular flexibility index (Phi) is 3.99. The maximum Gasteiger partial charge on any atom is 0.311 e. The molecule has 106 valence electrons. The smallest absolute Gasteiger partial charge is 0.311 e. The van der Waals surface area contributed by atoms with Gasteiger partial charge in [-0.05, 0) is 12.5 Å². The van der Waals surface area contributed by atoms with E-state index in [9.17, 15) is 9.59 Å². The Morgan fingerprint density at radius 3 is 2.65 bits per heavy atom. The first-order valence-corrected chi connectivity index (χ1v) is 6.31. The second-order valence-electron chi connectivity index (χ2n) is 4.35. The molecule has 0 unspecified atom stereocenters. The third-order valence-electron chi connectivity index (χ3n) is 3.11. The first-order chi connectivity index (χ1) is 9.47. The molecule has 0 amide bonds. The number of methoxy groups -OCH3 is 2. The molecule has 0 aliphatic heterocycles. The summed E-state index contributed by atoms with van der Waals surface area (Å²) in [6.07, 6.45) is -0.00743. The maximum atomic E-state index is 12.2. The van der Waals surface area contributed by atoms with Gasteiger partial charge in [-0.15, -0.1) is 0 Å². The SMILES string of the molecule is COC(=O)Cc1cc(=O)c2c(C)c(Cl)cc(OC)c2[nH]1. The highest BCUT2D eigenvalue weighted by atomic mass is 35.5. The van der Waals surface area contributed by atoms with Crippen LogP contribution in [0.4, 0.5) is 0 Å².